The summed E-state index contributed by atoms with van der Waals surface area (Å²) in [7, 11) is 0. The SMILES string of the molecule is CC1(CNCC(=O)NC2CCCCCC2)CCCO1. The Kier molecular flexibility index (Phi) is 5.64. The maximum atomic E-state index is 11.9. The zero-order valence-corrected chi connectivity index (χ0v) is 12.2. The van der Waals surface area contributed by atoms with Gasteiger partial charge in [-0.05, 0) is 32.6 Å². The lowest BCUT2D eigenvalue weighted by Crippen LogP contribution is -2.44. The van der Waals surface area contributed by atoms with E-state index in [0.717, 1.165) is 38.8 Å². The largest absolute Gasteiger partial charge is 0.374 e. The van der Waals surface area contributed by atoms with Crippen molar-refractivity contribution in [3.8, 4) is 0 Å². The van der Waals surface area contributed by atoms with Gasteiger partial charge in [-0.15, -0.1) is 0 Å². The highest BCUT2D eigenvalue weighted by Crippen LogP contribution is 2.23. The summed E-state index contributed by atoms with van der Waals surface area (Å²) in [6, 6.07) is 0.398. The Bertz CT molecular complexity index is 280. The molecule has 0 radical (unpaired) electrons. The molecule has 1 heterocycles. The maximum Gasteiger partial charge on any atom is 0.234 e. The number of ether oxygens (including phenoxy) is 1. The summed E-state index contributed by atoms with van der Waals surface area (Å²) in [6.45, 7) is 4.16. The minimum atomic E-state index is -0.0669. The van der Waals surface area contributed by atoms with Crippen molar-refractivity contribution < 1.29 is 9.53 Å². The summed E-state index contributed by atoms with van der Waals surface area (Å²) in [5.74, 6) is 0.133. The van der Waals surface area contributed by atoms with E-state index < -0.39 is 0 Å². The van der Waals surface area contributed by atoms with Crippen molar-refractivity contribution >= 4 is 5.91 Å². The Hall–Kier alpha value is -0.610. The van der Waals surface area contributed by atoms with Gasteiger partial charge in [-0.2, -0.15) is 0 Å². The fraction of sp³-hybridized carbons (Fsp3) is 0.933. The Morgan fingerprint density at radius 3 is 2.58 bits per heavy atom. The van der Waals surface area contributed by atoms with Crippen molar-refractivity contribution in [1.82, 2.24) is 10.6 Å². The molecule has 4 nitrogen and oxygen atoms in total. The van der Waals surface area contributed by atoms with Crippen LogP contribution in [0.2, 0.25) is 0 Å². The van der Waals surface area contributed by atoms with E-state index in [4.69, 9.17) is 4.74 Å². The molecule has 0 bridgehead atoms. The van der Waals surface area contributed by atoms with Gasteiger partial charge in [0.15, 0.2) is 0 Å². The number of hydrogen-bond acceptors (Lipinski definition) is 3. The molecular weight excluding hydrogens is 240 g/mol. The lowest BCUT2D eigenvalue weighted by Gasteiger charge is -2.23. The Morgan fingerprint density at radius 1 is 1.21 bits per heavy atom. The van der Waals surface area contributed by atoms with E-state index in [1.807, 2.05) is 0 Å². The third-order valence-electron chi connectivity index (χ3n) is 4.31. The molecule has 4 heteroatoms. The number of amides is 1. The van der Waals surface area contributed by atoms with Crippen LogP contribution < -0.4 is 10.6 Å². The van der Waals surface area contributed by atoms with E-state index in [-0.39, 0.29) is 11.5 Å². The molecule has 1 atom stereocenters. The molecule has 1 saturated heterocycles. The Morgan fingerprint density at radius 2 is 1.95 bits per heavy atom. The van der Waals surface area contributed by atoms with E-state index in [0.29, 0.717) is 12.6 Å². The summed E-state index contributed by atoms with van der Waals surface area (Å²) < 4.78 is 5.69. The molecule has 0 spiro atoms. The van der Waals surface area contributed by atoms with Crippen molar-refractivity contribution in [2.24, 2.45) is 0 Å². The fourth-order valence-corrected chi connectivity index (χ4v) is 3.12. The molecule has 0 aromatic rings. The highest BCUT2D eigenvalue weighted by atomic mass is 16.5. The average Bonchev–Trinajstić information content (AvgIpc) is 2.64. The van der Waals surface area contributed by atoms with Crippen molar-refractivity contribution in [3.05, 3.63) is 0 Å². The minimum Gasteiger partial charge on any atom is -0.374 e. The van der Waals surface area contributed by atoms with Gasteiger partial charge in [0.1, 0.15) is 0 Å². The molecule has 1 unspecified atom stereocenters. The molecule has 0 aromatic carbocycles. The second-order valence-electron chi connectivity index (χ2n) is 6.26. The van der Waals surface area contributed by atoms with Crippen molar-refractivity contribution in [2.75, 3.05) is 19.7 Å². The van der Waals surface area contributed by atoms with Crippen molar-refractivity contribution in [2.45, 2.75) is 69.9 Å². The third-order valence-corrected chi connectivity index (χ3v) is 4.31. The third kappa shape index (κ3) is 5.11. The standard InChI is InChI=1S/C15H28N2O2/c1-15(9-6-10-19-15)12-16-11-14(18)17-13-7-4-2-3-5-8-13/h13,16H,2-12H2,1H3,(H,17,18). The van der Waals surface area contributed by atoms with Crippen LogP contribution in [0, 0.1) is 0 Å². The number of hydrogen-bond donors (Lipinski definition) is 2. The molecule has 2 fully saturated rings. The second kappa shape index (κ2) is 7.25. The lowest BCUT2D eigenvalue weighted by atomic mass is 10.0. The Balaban J connectivity index is 1.61. The van der Waals surface area contributed by atoms with E-state index in [1.165, 1.54) is 25.7 Å². The topological polar surface area (TPSA) is 50.4 Å². The zero-order valence-electron chi connectivity index (χ0n) is 12.2. The first-order chi connectivity index (χ1) is 9.18. The predicted molar refractivity (Wildman–Crippen MR) is 76.1 cm³/mol. The number of nitrogens with one attached hydrogen (secondary N) is 2. The predicted octanol–water partition coefficient (Wildman–Crippen LogP) is 1.98. The number of carbonyl (C=O) groups is 1. The van der Waals surface area contributed by atoms with Gasteiger partial charge in [0, 0.05) is 19.2 Å². The quantitative estimate of drug-likeness (QED) is 0.750. The minimum absolute atomic E-state index is 0.0669. The summed E-state index contributed by atoms with van der Waals surface area (Å²) in [6.07, 6.45) is 9.66. The van der Waals surface area contributed by atoms with Crippen LogP contribution in [0.5, 0.6) is 0 Å². The zero-order chi connectivity index (χ0) is 13.6. The van der Waals surface area contributed by atoms with Gasteiger partial charge in [-0.1, -0.05) is 25.7 Å². The van der Waals surface area contributed by atoms with E-state index >= 15 is 0 Å². The number of rotatable bonds is 5. The summed E-state index contributed by atoms with van der Waals surface area (Å²) in [5, 5.41) is 6.39. The molecule has 110 valence electrons. The molecule has 1 amide bonds. The highest BCUT2D eigenvalue weighted by Gasteiger charge is 2.29. The van der Waals surface area contributed by atoms with Crippen molar-refractivity contribution in [3.63, 3.8) is 0 Å². The van der Waals surface area contributed by atoms with Crippen LogP contribution in [0.15, 0.2) is 0 Å². The lowest BCUT2D eigenvalue weighted by molar-refractivity contribution is -0.121. The highest BCUT2D eigenvalue weighted by molar-refractivity contribution is 5.78. The van der Waals surface area contributed by atoms with Gasteiger partial charge in [0.05, 0.1) is 12.1 Å². The fourth-order valence-electron chi connectivity index (χ4n) is 3.12. The van der Waals surface area contributed by atoms with Crippen LogP contribution in [-0.4, -0.2) is 37.2 Å². The van der Waals surface area contributed by atoms with Gasteiger partial charge < -0.3 is 15.4 Å². The molecule has 19 heavy (non-hydrogen) atoms. The molecule has 2 aliphatic rings. The van der Waals surface area contributed by atoms with Gasteiger partial charge in [0.2, 0.25) is 5.91 Å². The van der Waals surface area contributed by atoms with Crippen LogP contribution in [0.4, 0.5) is 0 Å². The van der Waals surface area contributed by atoms with Crippen LogP contribution in [0.1, 0.15) is 58.3 Å². The van der Waals surface area contributed by atoms with Gasteiger partial charge in [-0.3, -0.25) is 4.79 Å². The first-order valence-electron chi connectivity index (χ1n) is 7.82. The molecule has 1 aliphatic carbocycles. The average molecular weight is 268 g/mol. The van der Waals surface area contributed by atoms with E-state index in [9.17, 15) is 4.79 Å². The normalized spacial score (nSPS) is 29.1. The smallest absolute Gasteiger partial charge is 0.234 e. The monoisotopic (exact) mass is 268 g/mol. The van der Waals surface area contributed by atoms with Crippen LogP contribution >= 0.6 is 0 Å². The molecule has 1 aliphatic heterocycles. The van der Waals surface area contributed by atoms with Crippen LogP contribution in [-0.2, 0) is 9.53 Å². The van der Waals surface area contributed by atoms with Crippen LogP contribution in [0.25, 0.3) is 0 Å². The Labute approximate surface area is 116 Å². The molecule has 1 saturated carbocycles. The van der Waals surface area contributed by atoms with E-state index in [2.05, 4.69) is 17.6 Å². The molecular formula is C15H28N2O2. The molecule has 0 aromatic heterocycles. The van der Waals surface area contributed by atoms with E-state index in [1.54, 1.807) is 0 Å². The number of carbonyl (C=O) groups excluding carboxylic acids is 1. The molecule has 2 N–H and O–H groups in total. The second-order valence-corrected chi connectivity index (χ2v) is 6.26. The molecule has 2 rings (SSSR count). The summed E-state index contributed by atoms with van der Waals surface area (Å²) in [5.41, 5.74) is -0.0669. The summed E-state index contributed by atoms with van der Waals surface area (Å²) >= 11 is 0. The van der Waals surface area contributed by atoms with Crippen molar-refractivity contribution in [1.29, 1.82) is 0 Å². The van der Waals surface area contributed by atoms with Gasteiger partial charge in [-0.25, -0.2) is 0 Å². The summed E-state index contributed by atoms with van der Waals surface area (Å²) in [4.78, 5) is 11.9. The van der Waals surface area contributed by atoms with Gasteiger partial charge in [0.25, 0.3) is 0 Å². The maximum absolute atomic E-state index is 11.9. The first kappa shape index (κ1) is 14.8. The first-order valence-corrected chi connectivity index (χ1v) is 7.82. The van der Waals surface area contributed by atoms with Gasteiger partial charge >= 0.3 is 0 Å². The van der Waals surface area contributed by atoms with Crippen LogP contribution in [0.3, 0.4) is 0 Å².